The van der Waals surface area contributed by atoms with Gasteiger partial charge in [0.1, 0.15) is 0 Å². The number of hydrogen-bond donors (Lipinski definition) is 3. The van der Waals surface area contributed by atoms with Gasteiger partial charge in [-0.05, 0) is 5.41 Å². The van der Waals surface area contributed by atoms with Crippen LogP contribution in [-0.2, 0) is 14.4 Å². The van der Waals surface area contributed by atoms with Crippen molar-refractivity contribution < 1.29 is 24.6 Å². The van der Waals surface area contributed by atoms with Crippen molar-refractivity contribution in [2.24, 2.45) is 11.3 Å². The molecule has 1 unspecified atom stereocenters. The molecule has 0 aromatic carbocycles. The Bertz CT molecular complexity index is 305. The summed E-state index contributed by atoms with van der Waals surface area (Å²) in [5, 5.41) is 19.7. The van der Waals surface area contributed by atoms with Gasteiger partial charge in [0.25, 0.3) is 0 Å². The van der Waals surface area contributed by atoms with Crippen LogP contribution in [-0.4, -0.2) is 34.6 Å². The Morgan fingerprint density at radius 3 is 2.06 bits per heavy atom. The second-order valence-corrected chi connectivity index (χ2v) is 5.17. The second kappa shape index (κ2) is 6.22. The number of rotatable bonds is 6. The Morgan fingerprint density at radius 1 is 1.18 bits per heavy atom. The van der Waals surface area contributed by atoms with Gasteiger partial charge in [0.2, 0.25) is 5.91 Å². The van der Waals surface area contributed by atoms with Crippen LogP contribution in [0.2, 0.25) is 0 Å². The van der Waals surface area contributed by atoms with Crippen LogP contribution in [0.1, 0.15) is 33.6 Å². The first-order chi connectivity index (χ1) is 7.61. The molecule has 0 rings (SSSR count). The van der Waals surface area contributed by atoms with Gasteiger partial charge in [-0.2, -0.15) is 0 Å². The third-order valence-electron chi connectivity index (χ3n) is 2.01. The van der Waals surface area contributed by atoms with Crippen molar-refractivity contribution >= 4 is 17.8 Å². The normalized spacial score (nSPS) is 12.9. The minimum absolute atomic E-state index is 0.156. The number of carbonyl (C=O) groups excluding carboxylic acids is 1. The highest BCUT2D eigenvalue weighted by Gasteiger charge is 2.23. The van der Waals surface area contributed by atoms with E-state index in [4.69, 9.17) is 10.2 Å². The molecule has 0 aromatic rings. The fraction of sp³-hybridized carbons (Fsp3) is 0.727. The highest BCUT2D eigenvalue weighted by molar-refractivity contribution is 5.80. The van der Waals surface area contributed by atoms with E-state index in [-0.39, 0.29) is 24.3 Å². The molecule has 0 saturated carbocycles. The van der Waals surface area contributed by atoms with Gasteiger partial charge in [0, 0.05) is 13.0 Å². The number of carbonyl (C=O) groups is 3. The highest BCUT2D eigenvalue weighted by Crippen LogP contribution is 2.17. The van der Waals surface area contributed by atoms with Crippen LogP contribution >= 0.6 is 0 Å². The van der Waals surface area contributed by atoms with E-state index in [1.54, 1.807) is 0 Å². The molecule has 1 atom stereocenters. The molecule has 0 saturated heterocycles. The molecule has 0 aliphatic rings. The fourth-order valence-electron chi connectivity index (χ4n) is 1.24. The largest absolute Gasteiger partial charge is 0.481 e. The summed E-state index contributed by atoms with van der Waals surface area (Å²) < 4.78 is 0. The van der Waals surface area contributed by atoms with Crippen molar-refractivity contribution in [1.29, 1.82) is 0 Å². The summed E-state index contributed by atoms with van der Waals surface area (Å²) in [7, 11) is 0. The summed E-state index contributed by atoms with van der Waals surface area (Å²) in [6, 6.07) is 0. The molecule has 0 spiro atoms. The summed E-state index contributed by atoms with van der Waals surface area (Å²) in [4.78, 5) is 32.5. The Balaban J connectivity index is 4.18. The number of carboxylic acids is 2. The van der Waals surface area contributed by atoms with Gasteiger partial charge in [-0.3, -0.25) is 14.4 Å². The van der Waals surface area contributed by atoms with Gasteiger partial charge < -0.3 is 15.5 Å². The first kappa shape index (κ1) is 15.4. The Labute approximate surface area is 100 Å². The maximum absolute atomic E-state index is 11.4. The molecule has 17 heavy (non-hydrogen) atoms. The molecule has 98 valence electrons. The third kappa shape index (κ3) is 8.24. The predicted molar refractivity (Wildman–Crippen MR) is 60.5 cm³/mol. The van der Waals surface area contributed by atoms with Crippen molar-refractivity contribution in [3.8, 4) is 0 Å². The Kier molecular flexibility index (Phi) is 5.64. The van der Waals surface area contributed by atoms with Gasteiger partial charge in [0.05, 0.1) is 12.3 Å². The number of aliphatic carboxylic acids is 2. The van der Waals surface area contributed by atoms with E-state index < -0.39 is 24.3 Å². The minimum atomic E-state index is -1.22. The molecule has 0 radical (unpaired) electrons. The maximum atomic E-state index is 11.4. The van der Waals surface area contributed by atoms with Crippen LogP contribution < -0.4 is 5.32 Å². The molecule has 0 fully saturated rings. The van der Waals surface area contributed by atoms with E-state index in [1.807, 2.05) is 20.8 Å². The van der Waals surface area contributed by atoms with Crippen molar-refractivity contribution in [2.45, 2.75) is 33.6 Å². The molecule has 6 nitrogen and oxygen atoms in total. The van der Waals surface area contributed by atoms with Gasteiger partial charge in [-0.1, -0.05) is 20.8 Å². The average molecular weight is 245 g/mol. The van der Waals surface area contributed by atoms with E-state index in [0.29, 0.717) is 0 Å². The molecular weight excluding hydrogens is 226 g/mol. The van der Waals surface area contributed by atoms with E-state index >= 15 is 0 Å². The fourth-order valence-corrected chi connectivity index (χ4v) is 1.24. The lowest BCUT2D eigenvalue weighted by atomic mass is 9.92. The lowest BCUT2D eigenvalue weighted by Crippen LogP contribution is -2.35. The lowest BCUT2D eigenvalue weighted by molar-refractivity contribution is -0.148. The zero-order valence-electron chi connectivity index (χ0n) is 10.3. The van der Waals surface area contributed by atoms with E-state index in [9.17, 15) is 14.4 Å². The molecular formula is C11H19NO5. The summed E-state index contributed by atoms with van der Waals surface area (Å²) in [5.74, 6) is -3.77. The van der Waals surface area contributed by atoms with Crippen molar-refractivity contribution in [3.63, 3.8) is 0 Å². The second-order valence-electron chi connectivity index (χ2n) is 5.17. The number of amides is 1. The van der Waals surface area contributed by atoms with Crippen LogP contribution in [0.25, 0.3) is 0 Å². The van der Waals surface area contributed by atoms with Gasteiger partial charge in [0.15, 0.2) is 0 Å². The molecule has 0 bridgehead atoms. The van der Waals surface area contributed by atoms with Crippen molar-refractivity contribution in [1.82, 2.24) is 5.32 Å². The van der Waals surface area contributed by atoms with E-state index in [0.717, 1.165) is 0 Å². The zero-order valence-corrected chi connectivity index (χ0v) is 10.3. The van der Waals surface area contributed by atoms with Crippen molar-refractivity contribution in [2.75, 3.05) is 6.54 Å². The first-order valence-electron chi connectivity index (χ1n) is 5.33. The topological polar surface area (TPSA) is 104 Å². The molecule has 0 aromatic heterocycles. The van der Waals surface area contributed by atoms with Crippen LogP contribution in [0.5, 0.6) is 0 Å². The van der Waals surface area contributed by atoms with Gasteiger partial charge >= 0.3 is 11.9 Å². The molecule has 0 aliphatic heterocycles. The molecule has 6 heteroatoms. The first-order valence-corrected chi connectivity index (χ1v) is 5.33. The minimum Gasteiger partial charge on any atom is -0.481 e. The number of nitrogens with one attached hydrogen (secondary N) is 1. The summed E-state index contributed by atoms with van der Waals surface area (Å²) in [5.41, 5.74) is -0.185. The Morgan fingerprint density at radius 2 is 1.71 bits per heavy atom. The third-order valence-corrected chi connectivity index (χ3v) is 2.01. The lowest BCUT2D eigenvalue weighted by Gasteiger charge is -2.18. The van der Waals surface area contributed by atoms with E-state index in [2.05, 4.69) is 5.32 Å². The quantitative estimate of drug-likeness (QED) is 0.639. The van der Waals surface area contributed by atoms with E-state index in [1.165, 1.54) is 0 Å². The summed E-state index contributed by atoms with van der Waals surface area (Å²) >= 11 is 0. The molecule has 0 aliphatic carbocycles. The van der Waals surface area contributed by atoms with Gasteiger partial charge in [-0.15, -0.1) is 0 Å². The standard InChI is InChI=1S/C11H19NO5/c1-11(2,3)5-8(13)12-6-7(10(16)17)4-9(14)15/h7H,4-6H2,1-3H3,(H,12,13)(H,14,15)(H,16,17). The molecule has 1 amide bonds. The SMILES string of the molecule is CC(C)(C)CC(=O)NCC(CC(=O)O)C(=O)O. The monoisotopic (exact) mass is 245 g/mol. The van der Waals surface area contributed by atoms with Crippen LogP contribution in [0, 0.1) is 11.3 Å². The van der Waals surface area contributed by atoms with Crippen LogP contribution in [0.4, 0.5) is 0 Å². The number of hydrogen-bond acceptors (Lipinski definition) is 3. The maximum Gasteiger partial charge on any atom is 0.308 e. The molecule has 0 heterocycles. The van der Waals surface area contributed by atoms with Gasteiger partial charge in [-0.25, -0.2) is 0 Å². The molecule has 3 N–H and O–H groups in total. The van der Waals surface area contributed by atoms with Crippen LogP contribution in [0.3, 0.4) is 0 Å². The summed E-state index contributed by atoms with van der Waals surface area (Å²) in [6.07, 6.45) is -0.225. The summed E-state index contributed by atoms with van der Waals surface area (Å²) in [6.45, 7) is 5.51. The van der Waals surface area contributed by atoms with Crippen molar-refractivity contribution in [3.05, 3.63) is 0 Å². The average Bonchev–Trinajstić information content (AvgIpc) is 2.08. The number of carboxylic acid groups (broad SMARTS) is 2. The predicted octanol–water partition coefficient (Wildman–Crippen LogP) is 0.714. The van der Waals surface area contributed by atoms with Crippen LogP contribution in [0.15, 0.2) is 0 Å². The highest BCUT2D eigenvalue weighted by atomic mass is 16.4. The Hall–Kier alpha value is -1.59. The smallest absolute Gasteiger partial charge is 0.308 e. The zero-order chi connectivity index (χ0) is 13.6.